The van der Waals surface area contributed by atoms with Crippen LogP contribution < -0.4 is 10.1 Å². The van der Waals surface area contributed by atoms with Gasteiger partial charge in [0.2, 0.25) is 0 Å². The number of furan rings is 1. The molecule has 4 rings (SSSR count). The van der Waals surface area contributed by atoms with E-state index in [1.54, 1.807) is 28.9 Å². The number of carbonyl (C=O) groups is 1. The maximum absolute atomic E-state index is 12.6. The Balaban J connectivity index is 1.37. The SMILES string of the molecule is Cc1ccc(Cn2cc(Br)c(NC(=O)c3ccc(COc4ccc(Br)cc4Cl)o3)n2)cc1. The topological polar surface area (TPSA) is 69.3 Å². The Kier molecular flexibility index (Phi) is 7.03. The summed E-state index contributed by atoms with van der Waals surface area (Å²) in [5.74, 6) is 1.20. The molecule has 0 saturated carbocycles. The van der Waals surface area contributed by atoms with E-state index in [2.05, 4.69) is 66.5 Å². The summed E-state index contributed by atoms with van der Waals surface area (Å²) in [6.45, 7) is 2.78. The Morgan fingerprint density at radius 3 is 2.69 bits per heavy atom. The second kappa shape index (κ2) is 9.94. The maximum Gasteiger partial charge on any atom is 0.292 e. The third-order valence-electron chi connectivity index (χ3n) is 4.56. The number of anilines is 1. The number of nitrogens with one attached hydrogen (secondary N) is 1. The molecule has 0 fully saturated rings. The number of aryl methyl sites for hydroxylation is 1. The van der Waals surface area contributed by atoms with Crippen LogP contribution in [0.5, 0.6) is 5.75 Å². The van der Waals surface area contributed by atoms with E-state index in [-0.39, 0.29) is 12.4 Å². The van der Waals surface area contributed by atoms with Crippen molar-refractivity contribution in [2.24, 2.45) is 0 Å². The average Bonchev–Trinajstić information content (AvgIpc) is 3.36. The molecule has 32 heavy (non-hydrogen) atoms. The molecule has 6 nitrogen and oxygen atoms in total. The van der Waals surface area contributed by atoms with E-state index in [1.807, 2.05) is 19.2 Å². The highest BCUT2D eigenvalue weighted by Crippen LogP contribution is 2.28. The average molecular weight is 580 g/mol. The quantitative estimate of drug-likeness (QED) is 0.260. The molecule has 0 unspecified atom stereocenters. The number of aromatic nitrogens is 2. The van der Waals surface area contributed by atoms with Crippen LogP contribution in [-0.4, -0.2) is 15.7 Å². The molecule has 0 aliphatic heterocycles. The summed E-state index contributed by atoms with van der Waals surface area (Å²) in [6.07, 6.45) is 1.82. The van der Waals surface area contributed by atoms with Gasteiger partial charge in [0.25, 0.3) is 5.91 Å². The van der Waals surface area contributed by atoms with Crippen molar-refractivity contribution < 1.29 is 13.9 Å². The van der Waals surface area contributed by atoms with E-state index in [1.165, 1.54) is 5.56 Å². The Morgan fingerprint density at radius 1 is 1.16 bits per heavy atom. The van der Waals surface area contributed by atoms with Crippen molar-refractivity contribution >= 4 is 55.2 Å². The fraction of sp³-hybridized carbons (Fsp3) is 0.130. The fourth-order valence-corrected chi connectivity index (χ4v) is 4.07. The second-order valence-electron chi connectivity index (χ2n) is 7.09. The predicted molar refractivity (Wildman–Crippen MR) is 130 cm³/mol. The zero-order valence-electron chi connectivity index (χ0n) is 16.9. The number of nitrogens with zero attached hydrogens (tertiary/aromatic N) is 2. The first-order valence-electron chi connectivity index (χ1n) is 9.64. The summed E-state index contributed by atoms with van der Waals surface area (Å²) < 4.78 is 14.6. The highest BCUT2D eigenvalue weighted by Gasteiger charge is 2.16. The van der Waals surface area contributed by atoms with E-state index in [0.29, 0.717) is 33.4 Å². The lowest BCUT2D eigenvalue weighted by Gasteiger charge is -2.06. The minimum atomic E-state index is -0.404. The van der Waals surface area contributed by atoms with Gasteiger partial charge in [-0.2, -0.15) is 5.10 Å². The Bertz CT molecular complexity index is 1250. The summed E-state index contributed by atoms with van der Waals surface area (Å²) >= 11 is 13.0. The number of amides is 1. The molecule has 0 spiro atoms. The van der Waals surface area contributed by atoms with Gasteiger partial charge in [0, 0.05) is 10.7 Å². The highest BCUT2D eigenvalue weighted by atomic mass is 79.9. The van der Waals surface area contributed by atoms with Crippen LogP contribution in [-0.2, 0) is 13.2 Å². The molecule has 0 aliphatic carbocycles. The molecule has 0 atom stereocenters. The van der Waals surface area contributed by atoms with Gasteiger partial charge in [0.15, 0.2) is 11.6 Å². The van der Waals surface area contributed by atoms with Crippen molar-refractivity contribution in [3.8, 4) is 5.75 Å². The Hall–Kier alpha value is -2.55. The van der Waals surface area contributed by atoms with Crippen molar-refractivity contribution in [3.63, 3.8) is 0 Å². The molecule has 2 heterocycles. The van der Waals surface area contributed by atoms with E-state index in [0.717, 1.165) is 10.0 Å². The summed E-state index contributed by atoms with van der Waals surface area (Å²) in [4.78, 5) is 12.6. The van der Waals surface area contributed by atoms with Crippen LogP contribution in [0.15, 0.2) is 74.2 Å². The normalized spacial score (nSPS) is 10.9. The van der Waals surface area contributed by atoms with Gasteiger partial charge in [-0.15, -0.1) is 0 Å². The first-order valence-corrected chi connectivity index (χ1v) is 11.6. The van der Waals surface area contributed by atoms with Crippen molar-refractivity contribution in [2.75, 3.05) is 5.32 Å². The maximum atomic E-state index is 12.6. The first kappa shape index (κ1) is 22.6. The highest BCUT2D eigenvalue weighted by molar-refractivity contribution is 9.10. The van der Waals surface area contributed by atoms with E-state index in [4.69, 9.17) is 20.8 Å². The molecule has 1 N–H and O–H groups in total. The van der Waals surface area contributed by atoms with Crippen LogP contribution in [0.4, 0.5) is 5.82 Å². The summed E-state index contributed by atoms with van der Waals surface area (Å²) in [7, 11) is 0. The third kappa shape index (κ3) is 5.62. The summed E-state index contributed by atoms with van der Waals surface area (Å²) in [6, 6.07) is 16.8. The second-order valence-corrected chi connectivity index (χ2v) is 9.27. The number of benzene rings is 2. The molecule has 164 valence electrons. The van der Waals surface area contributed by atoms with Crippen LogP contribution in [0.2, 0.25) is 5.02 Å². The van der Waals surface area contributed by atoms with Gasteiger partial charge in [-0.05, 0) is 58.7 Å². The Labute approximate surface area is 206 Å². The number of carbonyl (C=O) groups excluding carboxylic acids is 1. The van der Waals surface area contributed by atoms with Gasteiger partial charge in [-0.3, -0.25) is 9.48 Å². The molecular weight excluding hydrogens is 562 g/mol. The lowest BCUT2D eigenvalue weighted by atomic mass is 10.1. The lowest BCUT2D eigenvalue weighted by molar-refractivity contribution is 0.0992. The van der Waals surface area contributed by atoms with E-state index < -0.39 is 5.91 Å². The number of halogens is 3. The third-order valence-corrected chi connectivity index (χ3v) is 5.93. The first-order chi connectivity index (χ1) is 15.4. The molecular formula is C23H18Br2ClN3O3. The number of ether oxygens (including phenoxy) is 1. The molecule has 2 aromatic carbocycles. The minimum Gasteiger partial charge on any atom is -0.484 e. The summed E-state index contributed by atoms with van der Waals surface area (Å²) in [5.41, 5.74) is 2.32. The van der Waals surface area contributed by atoms with E-state index >= 15 is 0 Å². The zero-order valence-corrected chi connectivity index (χ0v) is 20.9. The van der Waals surface area contributed by atoms with Gasteiger partial charge >= 0.3 is 0 Å². The number of rotatable bonds is 7. The van der Waals surface area contributed by atoms with Crippen LogP contribution in [0.3, 0.4) is 0 Å². The zero-order chi connectivity index (χ0) is 22.7. The Morgan fingerprint density at radius 2 is 1.94 bits per heavy atom. The summed E-state index contributed by atoms with van der Waals surface area (Å²) in [5, 5.41) is 7.69. The van der Waals surface area contributed by atoms with Gasteiger partial charge in [-0.1, -0.05) is 57.4 Å². The van der Waals surface area contributed by atoms with E-state index in [9.17, 15) is 4.79 Å². The lowest BCUT2D eigenvalue weighted by Crippen LogP contribution is -2.12. The predicted octanol–water partition coefficient (Wildman–Crippen LogP) is 6.84. The van der Waals surface area contributed by atoms with Crippen LogP contribution in [0.1, 0.15) is 27.4 Å². The van der Waals surface area contributed by atoms with Gasteiger partial charge in [0.05, 0.1) is 16.0 Å². The molecule has 2 aromatic heterocycles. The molecule has 9 heteroatoms. The van der Waals surface area contributed by atoms with Crippen LogP contribution in [0.25, 0.3) is 0 Å². The fourth-order valence-electron chi connectivity index (χ4n) is 2.93. The standard InChI is InChI=1S/C23H18Br2ClN3O3/c1-14-2-4-15(5-3-14)11-29-12-18(25)22(28-29)27-23(30)21-9-7-17(32-21)13-31-20-8-6-16(24)10-19(20)26/h2-10,12H,11,13H2,1H3,(H,27,28,30). The molecule has 0 bridgehead atoms. The molecule has 0 aliphatic rings. The number of hydrogen-bond donors (Lipinski definition) is 1. The van der Waals surface area contributed by atoms with Crippen LogP contribution in [0, 0.1) is 6.92 Å². The molecule has 4 aromatic rings. The van der Waals surface area contributed by atoms with Crippen molar-refractivity contribution in [1.82, 2.24) is 9.78 Å². The largest absolute Gasteiger partial charge is 0.484 e. The van der Waals surface area contributed by atoms with Crippen molar-refractivity contribution in [1.29, 1.82) is 0 Å². The van der Waals surface area contributed by atoms with Gasteiger partial charge < -0.3 is 14.5 Å². The van der Waals surface area contributed by atoms with Crippen molar-refractivity contribution in [3.05, 3.63) is 97.4 Å². The monoisotopic (exact) mass is 577 g/mol. The van der Waals surface area contributed by atoms with Crippen LogP contribution >= 0.6 is 43.5 Å². The molecule has 1 amide bonds. The minimum absolute atomic E-state index is 0.142. The molecule has 0 radical (unpaired) electrons. The van der Waals surface area contributed by atoms with Gasteiger partial charge in [-0.25, -0.2) is 0 Å². The number of hydrogen-bond acceptors (Lipinski definition) is 4. The smallest absolute Gasteiger partial charge is 0.292 e. The van der Waals surface area contributed by atoms with Gasteiger partial charge in [0.1, 0.15) is 18.1 Å². The molecule has 0 saturated heterocycles. The van der Waals surface area contributed by atoms with Crippen molar-refractivity contribution in [2.45, 2.75) is 20.1 Å².